The standard InChI is InChI=1S/C26H36N2O5S2/c1-19-13-20(2)16-27(15-19)34(29,30)25-9-5-23(6-10-25)33-24-7-11-26(12-8-24)35(31,32)28-17-21(3)14-22(4)18-28/h5-12,19-22H,13-18H2,1-4H3/t19-,20-,21-,22-/m1/s1. The van der Waals surface area contributed by atoms with Gasteiger partial charge in [-0.05, 0) is 85.0 Å². The molecule has 0 spiro atoms. The summed E-state index contributed by atoms with van der Waals surface area (Å²) in [6.07, 6.45) is 2.07. The third-order valence-electron chi connectivity index (χ3n) is 6.83. The van der Waals surface area contributed by atoms with Crippen LogP contribution in [0, 0.1) is 23.7 Å². The summed E-state index contributed by atoms with van der Waals surface area (Å²) in [4.78, 5) is 0.496. The van der Waals surface area contributed by atoms with Crippen molar-refractivity contribution in [2.75, 3.05) is 26.2 Å². The molecular formula is C26H36N2O5S2. The van der Waals surface area contributed by atoms with Crippen LogP contribution in [0.15, 0.2) is 58.3 Å². The van der Waals surface area contributed by atoms with Gasteiger partial charge >= 0.3 is 0 Å². The Hall–Kier alpha value is -1.94. The van der Waals surface area contributed by atoms with E-state index in [0.717, 1.165) is 12.8 Å². The van der Waals surface area contributed by atoms with Gasteiger partial charge in [0.05, 0.1) is 9.79 Å². The van der Waals surface area contributed by atoms with Crippen molar-refractivity contribution in [2.45, 2.75) is 50.3 Å². The van der Waals surface area contributed by atoms with E-state index in [-0.39, 0.29) is 9.79 Å². The largest absolute Gasteiger partial charge is 0.457 e. The molecule has 0 aromatic heterocycles. The van der Waals surface area contributed by atoms with Crippen molar-refractivity contribution in [3.63, 3.8) is 0 Å². The molecule has 2 aromatic rings. The number of nitrogens with zero attached hydrogens (tertiary/aromatic N) is 2. The molecule has 0 N–H and O–H groups in total. The monoisotopic (exact) mass is 520 g/mol. The highest BCUT2D eigenvalue weighted by molar-refractivity contribution is 7.89. The predicted octanol–water partition coefficient (Wildman–Crippen LogP) is 4.81. The fourth-order valence-electron chi connectivity index (χ4n) is 5.40. The predicted molar refractivity (Wildman–Crippen MR) is 136 cm³/mol. The number of hydrogen-bond acceptors (Lipinski definition) is 5. The zero-order chi connectivity index (χ0) is 25.4. The van der Waals surface area contributed by atoms with Crippen LogP contribution in [0.5, 0.6) is 11.5 Å². The summed E-state index contributed by atoms with van der Waals surface area (Å²) in [6.45, 7) is 10.5. The average Bonchev–Trinajstić information content (AvgIpc) is 2.78. The van der Waals surface area contributed by atoms with E-state index in [1.165, 1.54) is 0 Å². The Bertz CT molecular complexity index is 1110. The van der Waals surface area contributed by atoms with Crippen LogP contribution in [-0.4, -0.2) is 51.6 Å². The van der Waals surface area contributed by atoms with E-state index < -0.39 is 20.0 Å². The van der Waals surface area contributed by atoms with E-state index in [0.29, 0.717) is 61.3 Å². The van der Waals surface area contributed by atoms with Gasteiger partial charge in [0.25, 0.3) is 0 Å². The van der Waals surface area contributed by atoms with Gasteiger partial charge in [-0.2, -0.15) is 8.61 Å². The third kappa shape index (κ3) is 5.90. The molecule has 2 aliphatic rings. The molecule has 0 bridgehead atoms. The highest BCUT2D eigenvalue weighted by Gasteiger charge is 2.32. The van der Waals surface area contributed by atoms with Gasteiger partial charge in [0, 0.05) is 26.2 Å². The summed E-state index contributed by atoms with van der Waals surface area (Å²) in [7, 11) is -7.10. The first-order valence-corrected chi connectivity index (χ1v) is 15.2. The quantitative estimate of drug-likeness (QED) is 0.546. The maximum atomic E-state index is 13.1. The summed E-state index contributed by atoms with van der Waals surface area (Å²) in [5.41, 5.74) is 0. The van der Waals surface area contributed by atoms with Gasteiger partial charge in [-0.25, -0.2) is 16.8 Å². The zero-order valence-electron chi connectivity index (χ0n) is 20.9. The normalized spacial score (nSPS) is 27.0. The summed E-state index contributed by atoms with van der Waals surface area (Å²) >= 11 is 0. The maximum absolute atomic E-state index is 13.1. The minimum atomic E-state index is -3.55. The lowest BCUT2D eigenvalue weighted by atomic mass is 9.94. The molecule has 0 radical (unpaired) electrons. The van der Waals surface area contributed by atoms with Crippen molar-refractivity contribution in [3.05, 3.63) is 48.5 Å². The van der Waals surface area contributed by atoms with Gasteiger partial charge in [-0.1, -0.05) is 27.7 Å². The van der Waals surface area contributed by atoms with Crippen LogP contribution in [0.25, 0.3) is 0 Å². The number of rotatable bonds is 6. The molecule has 2 aromatic carbocycles. The number of sulfonamides is 2. The minimum Gasteiger partial charge on any atom is -0.457 e. The van der Waals surface area contributed by atoms with Gasteiger partial charge in [0.15, 0.2) is 0 Å². The Labute approximate surface area is 210 Å². The average molecular weight is 521 g/mol. The Morgan fingerprint density at radius 2 is 0.857 bits per heavy atom. The van der Waals surface area contributed by atoms with Crippen molar-refractivity contribution in [1.82, 2.24) is 8.61 Å². The lowest BCUT2D eigenvalue weighted by Crippen LogP contribution is -2.42. The van der Waals surface area contributed by atoms with Crippen LogP contribution in [0.1, 0.15) is 40.5 Å². The molecule has 0 aliphatic carbocycles. The molecule has 4 atom stereocenters. The number of hydrogen-bond donors (Lipinski definition) is 0. The van der Waals surface area contributed by atoms with E-state index in [1.54, 1.807) is 57.1 Å². The first-order valence-electron chi connectivity index (χ1n) is 12.3. The molecule has 0 unspecified atom stereocenters. The molecule has 2 heterocycles. The van der Waals surface area contributed by atoms with Crippen LogP contribution in [0.2, 0.25) is 0 Å². The molecule has 35 heavy (non-hydrogen) atoms. The highest BCUT2D eigenvalue weighted by Crippen LogP contribution is 2.30. The summed E-state index contributed by atoms with van der Waals surface area (Å²) in [5.74, 6) is 2.32. The van der Waals surface area contributed by atoms with E-state index in [4.69, 9.17) is 4.74 Å². The van der Waals surface area contributed by atoms with Gasteiger partial charge < -0.3 is 4.74 Å². The van der Waals surface area contributed by atoms with Gasteiger partial charge in [0.2, 0.25) is 20.0 Å². The number of piperidine rings is 2. The smallest absolute Gasteiger partial charge is 0.243 e. The highest BCUT2D eigenvalue weighted by atomic mass is 32.2. The number of ether oxygens (including phenoxy) is 1. The Morgan fingerprint density at radius 1 is 0.571 bits per heavy atom. The van der Waals surface area contributed by atoms with E-state index in [2.05, 4.69) is 27.7 Å². The Morgan fingerprint density at radius 3 is 1.14 bits per heavy atom. The van der Waals surface area contributed by atoms with Gasteiger partial charge in [0.1, 0.15) is 11.5 Å². The topological polar surface area (TPSA) is 84.0 Å². The molecule has 0 amide bonds. The molecule has 0 saturated carbocycles. The molecule has 2 fully saturated rings. The van der Waals surface area contributed by atoms with Crippen molar-refractivity contribution in [2.24, 2.45) is 23.7 Å². The van der Waals surface area contributed by atoms with E-state index in [9.17, 15) is 16.8 Å². The molecular weight excluding hydrogens is 484 g/mol. The first kappa shape index (κ1) is 26.1. The van der Waals surface area contributed by atoms with Crippen molar-refractivity contribution >= 4 is 20.0 Å². The van der Waals surface area contributed by atoms with Crippen molar-refractivity contribution in [1.29, 1.82) is 0 Å². The van der Waals surface area contributed by atoms with Gasteiger partial charge in [-0.15, -0.1) is 0 Å². The second kappa shape index (κ2) is 10.2. The lowest BCUT2D eigenvalue weighted by Gasteiger charge is -2.34. The fourth-order valence-corrected chi connectivity index (χ4v) is 8.76. The van der Waals surface area contributed by atoms with Crippen LogP contribution >= 0.6 is 0 Å². The Kier molecular flexibility index (Phi) is 7.62. The number of benzene rings is 2. The van der Waals surface area contributed by atoms with Crippen LogP contribution < -0.4 is 4.74 Å². The zero-order valence-corrected chi connectivity index (χ0v) is 22.6. The molecule has 192 valence electrons. The maximum Gasteiger partial charge on any atom is 0.243 e. The second-order valence-corrected chi connectivity index (χ2v) is 14.5. The first-order chi connectivity index (χ1) is 16.4. The van der Waals surface area contributed by atoms with Crippen molar-refractivity contribution in [3.8, 4) is 11.5 Å². The van der Waals surface area contributed by atoms with Crippen LogP contribution in [0.3, 0.4) is 0 Å². The molecule has 7 nitrogen and oxygen atoms in total. The summed E-state index contributed by atoms with van der Waals surface area (Å²) < 4.78 is 61.3. The second-order valence-electron chi connectivity index (χ2n) is 10.6. The molecule has 9 heteroatoms. The fraction of sp³-hybridized carbons (Fsp3) is 0.538. The lowest BCUT2D eigenvalue weighted by molar-refractivity contribution is 0.222. The summed E-state index contributed by atoms with van der Waals surface area (Å²) in [5, 5.41) is 0. The Balaban J connectivity index is 1.44. The van der Waals surface area contributed by atoms with E-state index >= 15 is 0 Å². The molecule has 2 aliphatic heterocycles. The minimum absolute atomic E-state index is 0.248. The molecule has 2 saturated heterocycles. The third-order valence-corrected chi connectivity index (χ3v) is 10.5. The van der Waals surface area contributed by atoms with E-state index in [1.807, 2.05) is 0 Å². The van der Waals surface area contributed by atoms with Crippen molar-refractivity contribution < 1.29 is 21.6 Å². The van der Waals surface area contributed by atoms with Gasteiger partial charge in [-0.3, -0.25) is 0 Å². The van der Waals surface area contributed by atoms with Crippen LogP contribution in [-0.2, 0) is 20.0 Å². The molecule has 4 rings (SSSR count). The van der Waals surface area contributed by atoms with Crippen LogP contribution in [0.4, 0.5) is 0 Å². The summed E-state index contributed by atoms with van der Waals surface area (Å²) in [6, 6.07) is 12.8. The SMILES string of the molecule is C[C@@H]1C[C@@H](C)CN(S(=O)(=O)c2ccc(Oc3ccc(S(=O)(=O)N4C[C@H](C)C[C@@H](C)C4)cc3)cc2)C1.